The summed E-state index contributed by atoms with van der Waals surface area (Å²) in [6.45, 7) is 0. The second-order valence-electron chi connectivity index (χ2n) is 4.97. The molecule has 3 atom stereocenters. The van der Waals surface area contributed by atoms with Crippen molar-refractivity contribution in [3.05, 3.63) is 0 Å². The van der Waals surface area contributed by atoms with Gasteiger partial charge in [0.05, 0.1) is 0 Å². The summed E-state index contributed by atoms with van der Waals surface area (Å²) in [5.41, 5.74) is 0. The first kappa shape index (κ1) is 29.7. The molecule has 0 aliphatic carbocycles. The zero-order valence-corrected chi connectivity index (χ0v) is 13.3. The van der Waals surface area contributed by atoms with Crippen molar-refractivity contribution in [2.75, 3.05) is 0 Å². The molecule has 0 rings (SSSR count). The highest BCUT2D eigenvalue weighted by Crippen LogP contribution is 2.47. The fraction of sp³-hybridized carbons (Fsp3) is 1.00. The normalized spacial score (nSPS) is 20.0. The second kappa shape index (κ2) is 8.91. The van der Waals surface area contributed by atoms with Crippen molar-refractivity contribution < 1.29 is 93.0 Å². The average Bonchev–Trinajstić information content (AvgIpc) is 2.50. The van der Waals surface area contributed by atoms with Crippen LogP contribution < -0.4 is 0 Å². The fourth-order valence-electron chi connectivity index (χ4n) is 1.22. The third-order valence-electron chi connectivity index (χ3n) is 2.80. The first-order valence-electron chi connectivity index (χ1n) is 6.51. The van der Waals surface area contributed by atoms with Gasteiger partial charge in [0.15, 0.2) is 0 Å². The van der Waals surface area contributed by atoms with E-state index in [1.807, 2.05) is 0 Å². The van der Waals surface area contributed by atoms with Gasteiger partial charge < -0.3 is 14.0 Å². The lowest BCUT2D eigenvalue weighted by Gasteiger charge is -2.36. The Labute approximate surface area is 157 Å². The Hall–Kier alpha value is -1.32. The molecule has 186 valence electrons. The highest BCUT2D eigenvalue weighted by Gasteiger charge is 2.74. The highest BCUT2D eigenvalue weighted by atomic mass is 19.4. The molecule has 0 amide bonds. The van der Waals surface area contributed by atoms with Gasteiger partial charge in [0.2, 0.25) is 0 Å². The van der Waals surface area contributed by atoms with Gasteiger partial charge in [-0.15, -0.1) is 0 Å². The molecule has 22 heteroatoms. The topological polar surface area (TPSA) is 27.7 Å². The maximum absolute atomic E-state index is 13.4. The Kier molecular flexibility index (Phi) is 8.53. The van der Waals surface area contributed by atoms with Crippen LogP contribution in [0.25, 0.3) is 0 Å². The van der Waals surface area contributed by atoms with Gasteiger partial charge in [0.25, 0.3) is 0 Å². The molecule has 0 aromatic carbocycles. The number of alkyl halides is 18. The van der Waals surface area contributed by atoms with Crippen molar-refractivity contribution in [1.29, 1.82) is 0 Å². The summed E-state index contributed by atoms with van der Waals surface area (Å²) in [6, 6.07) is 0. The molecule has 0 fully saturated rings. The monoisotopic (exact) mass is 512 g/mol. The third-order valence-corrected chi connectivity index (χ3v) is 2.80. The molecule has 0 aromatic rings. The molecule has 0 saturated heterocycles. The molecule has 0 spiro atoms. The van der Waals surface area contributed by atoms with Gasteiger partial charge in [-0.05, 0) is 0 Å². The van der Waals surface area contributed by atoms with E-state index in [4.69, 9.17) is 0 Å². The van der Waals surface area contributed by atoms with E-state index in [1.54, 1.807) is 0 Å². The summed E-state index contributed by atoms with van der Waals surface area (Å²) < 4.78 is 232. The van der Waals surface area contributed by atoms with E-state index in [0.717, 1.165) is 0 Å². The van der Waals surface area contributed by atoms with Gasteiger partial charge >= 0.3 is 62.7 Å². The molecule has 0 N–H and O–H groups in total. The molecule has 0 unspecified atom stereocenters. The van der Waals surface area contributed by atoms with Gasteiger partial charge in [-0.3, -0.25) is 0 Å². The summed E-state index contributed by atoms with van der Waals surface area (Å²) in [7, 11) is -5.50. The van der Waals surface area contributed by atoms with Crippen molar-refractivity contribution >= 4 is 7.32 Å². The summed E-state index contributed by atoms with van der Waals surface area (Å²) in [6.07, 6.45) is -38.6. The van der Waals surface area contributed by atoms with Crippen LogP contribution >= 0.6 is 0 Å². The van der Waals surface area contributed by atoms with Crippen molar-refractivity contribution in [1.82, 2.24) is 0 Å². The smallest absolute Gasteiger partial charge is 0.341 e. The zero-order valence-electron chi connectivity index (χ0n) is 13.3. The molecule has 0 aliphatic rings. The molecule has 3 nitrogen and oxygen atoms in total. The molecule has 31 heavy (non-hydrogen) atoms. The third kappa shape index (κ3) is 5.93. The van der Waals surface area contributed by atoms with E-state index in [0.29, 0.717) is 0 Å². The predicted molar refractivity (Wildman–Crippen MR) is 56.7 cm³/mol. The van der Waals surface area contributed by atoms with Gasteiger partial charge in [0, 0.05) is 0 Å². The van der Waals surface area contributed by atoms with Crippen LogP contribution in [0.2, 0.25) is 0 Å². The van der Waals surface area contributed by atoms with E-state index in [2.05, 4.69) is 14.0 Å². The van der Waals surface area contributed by atoms with Crippen LogP contribution in [0.1, 0.15) is 0 Å². The second-order valence-corrected chi connectivity index (χ2v) is 4.97. The first-order valence-corrected chi connectivity index (χ1v) is 6.51. The van der Waals surface area contributed by atoms with Crippen molar-refractivity contribution in [2.45, 2.75) is 55.4 Å². The standard InChI is InChI=1S/C9H3BF18O3/c11-1(12)4(17,7(20,21)22)29-10(30-5(18,2(13)14)8(23,24)25)31-6(19,3(15)16)9(26,27)28/h1-3H/t4-,5-,6-/m0/s1. The number of hydrogen-bond acceptors (Lipinski definition) is 3. The summed E-state index contributed by atoms with van der Waals surface area (Å²) in [4.78, 5) is 0. The van der Waals surface area contributed by atoms with Crippen LogP contribution in [0.15, 0.2) is 0 Å². The first-order chi connectivity index (χ1) is 13.4. The minimum Gasteiger partial charge on any atom is -0.341 e. The van der Waals surface area contributed by atoms with E-state index in [-0.39, 0.29) is 0 Å². The van der Waals surface area contributed by atoms with Crippen LogP contribution in [-0.2, 0) is 14.0 Å². The lowest BCUT2D eigenvalue weighted by Crippen LogP contribution is -2.62. The van der Waals surface area contributed by atoms with Crippen LogP contribution in [-0.4, -0.2) is 62.7 Å². The Morgan fingerprint density at radius 1 is 0.387 bits per heavy atom. The Balaban J connectivity index is 6.58. The van der Waals surface area contributed by atoms with Gasteiger partial charge in [-0.25, -0.2) is 26.3 Å². The Morgan fingerprint density at radius 3 is 0.645 bits per heavy atom. The Morgan fingerprint density at radius 2 is 0.548 bits per heavy atom. The van der Waals surface area contributed by atoms with Gasteiger partial charge in [0.1, 0.15) is 0 Å². The number of hydrogen-bond donors (Lipinski definition) is 0. The van der Waals surface area contributed by atoms with Crippen LogP contribution in [0.5, 0.6) is 0 Å². The molecular formula is C9H3BF18O3. The molecule has 0 saturated carbocycles. The largest absolute Gasteiger partial charge is 0.647 e. The predicted octanol–water partition coefficient (Wildman–Crippen LogP) is 5.50. The molecule has 0 radical (unpaired) electrons. The quantitative estimate of drug-likeness (QED) is 0.302. The molecule has 0 bridgehead atoms. The molecular weight excluding hydrogens is 509 g/mol. The molecule has 0 aromatic heterocycles. The van der Waals surface area contributed by atoms with Crippen LogP contribution in [0, 0.1) is 0 Å². The summed E-state index contributed by atoms with van der Waals surface area (Å²) in [5.74, 6) is -20.5. The van der Waals surface area contributed by atoms with Gasteiger partial charge in [-0.2, -0.15) is 52.7 Å². The number of halogens is 18. The minimum absolute atomic E-state index is 2.21. The SMILES string of the molecule is FC(F)[C@](F)(OB(O[C@@](F)(C(F)F)C(F)(F)F)O[C@@](F)(C(F)F)C(F)(F)F)C(F)(F)F. The lowest BCUT2D eigenvalue weighted by atomic mass is 10.1. The Bertz CT molecular complexity index is 508. The van der Waals surface area contributed by atoms with Gasteiger partial charge in [-0.1, -0.05) is 0 Å². The molecule has 0 heterocycles. The summed E-state index contributed by atoms with van der Waals surface area (Å²) >= 11 is 0. The summed E-state index contributed by atoms with van der Waals surface area (Å²) in [5, 5.41) is 0. The van der Waals surface area contributed by atoms with Crippen molar-refractivity contribution in [3.63, 3.8) is 0 Å². The lowest BCUT2D eigenvalue weighted by molar-refractivity contribution is -0.391. The van der Waals surface area contributed by atoms with E-state index < -0.39 is 62.7 Å². The van der Waals surface area contributed by atoms with Crippen LogP contribution in [0.4, 0.5) is 79.0 Å². The van der Waals surface area contributed by atoms with E-state index >= 15 is 0 Å². The van der Waals surface area contributed by atoms with Crippen molar-refractivity contribution in [2.24, 2.45) is 0 Å². The maximum Gasteiger partial charge on any atom is 0.647 e. The number of rotatable bonds is 9. The maximum atomic E-state index is 13.4. The molecule has 0 aliphatic heterocycles. The fourth-order valence-corrected chi connectivity index (χ4v) is 1.22. The zero-order chi connectivity index (χ0) is 25.4. The van der Waals surface area contributed by atoms with Crippen LogP contribution in [0.3, 0.4) is 0 Å². The van der Waals surface area contributed by atoms with Crippen molar-refractivity contribution in [3.8, 4) is 0 Å². The van der Waals surface area contributed by atoms with E-state index in [1.165, 1.54) is 0 Å². The highest BCUT2D eigenvalue weighted by molar-refractivity contribution is 6.37. The van der Waals surface area contributed by atoms with E-state index in [9.17, 15) is 79.0 Å². The average molecular weight is 512 g/mol. The minimum atomic E-state index is -7.18.